The second-order valence-corrected chi connectivity index (χ2v) is 6.16. The van der Waals surface area contributed by atoms with Crippen molar-refractivity contribution in [2.24, 2.45) is 0 Å². The number of rotatable bonds is 2. The number of hydrogen-bond acceptors (Lipinski definition) is 5. The van der Waals surface area contributed by atoms with Gasteiger partial charge in [-0.05, 0) is 31.9 Å². The Bertz CT molecular complexity index is 594. The minimum Gasteiger partial charge on any atom is -0.462 e. The van der Waals surface area contributed by atoms with Crippen molar-refractivity contribution in [1.29, 1.82) is 0 Å². The molecule has 0 spiro atoms. The lowest BCUT2D eigenvalue weighted by Crippen LogP contribution is -2.45. The van der Waals surface area contributed by atoms with Gasteiger partial charge < -0.3 is 14.4 Å². The number of nitrogens with zero attached hydrogens (tertiary/aromatic N) is 2. The summed E-state index contributed by atoms with van der Waals surface area (Å²) in [5, 5.41) is 12.4. The van der Waals surface area contributed by atoms with Crippen LogP contribution in [0.1, 0.15) is 30.3 Å². The third-order valence-corrected chi connectivity index (χ3v) is 4.44. The van der Waals surface area contributed by atoms with Gasteiger partial charge in [0, 0.05) is 18.5 Å². The molecular weight excluding hydrogens is 276 g/mol. The Hall–Kier alpha value is -1.66. The van der Waals surface area contributed by atoms with Crippen molar-refractivity contribution in [3.05, 3.63) is 29.5 Å². The molecule has 1 aliphatic heterocycles. The summed E-state index contributed by atoms with van der Waals surface area (Å²) < 4.78 is 5.28. The highest BCUT2D eigenvalue weighted by Gasteiger charge is 2.30. The summed E-state index contributed by atoms with van der Waals surface area (Å²) in [5.41, 5.74) is -0.207. The summed E-state index contributed by atoms with van der Waals surface area (Å²) in [6.07, 6.45) is 2.80. The Morgan fingerprint density at radius 2 is 2.25 bits per heavy atom. The molecule has 0 unspecified atom stereocenters. The molecule has 106 valence electrons. The van der Waals surface area contributed by atoms with Gasteiger partial charge >= 0.3 is 0 Å². The molecule has 20 heavy (non-hydrogen) atoms. The van der Waals surface area contributed by atoms with Crippen LogP contribution in [0.2, 0.25) is 0 Å². The van der Waals surface area contributed by atoms with Gasteiger partial charge in [0.2, 0.25) is 0 Å². The third-order valence-electron chi connectivity index (χ3n) is 3.58. The van der Waals surface area contributed by atoms with Crippen molar-refractivity contribution >= 4 is 17.2 Å². The van der Waals surface area contributed by atoms with E-state index in [1.807, 2.05) is 13.0 Å². The number of likely N-dealkylation sites (tertiary alicyclic amines) is 1. The van der Waals surface area contributed by atoms with Crippen LogP contribution >= 0.6 is 11.3 Å². The molecule has 0 bridgehead atoms. The topological polar surface area (TPSA) is 66.6 Å². The second kappa shape index (κ2) is 5.03. The molecule has 2 aromatic heterocycles. The van der Waals surface area contributed by atoms with E-state index in [4.69, 9.17) is 4.42 Å². The summed E-state index contributed by atoms with van der Waals surface area (Å²) in [7, 11) is 0. The van der Waals surface area contributed by atoms with Gasteiger partial charge in [0.05, 0.1) is 11.9 Å². The summed E-state index contributed by atoms with van der Waals surface area (Å²) in [6.45, 7) is 2.95. The number of thiazole rings is 1. The number of aromatic nitrogens is 1. The van der Waals surface area contributed by atoms with E-state index in [0.717, 1.165) is 0 Å². The van der Waals surface area contributed by atoms with Crippen LogP contribution in [-0.2, 0) is 0 Å². The van der Waals surface area contributed by atoms with E-state index in [1.54, 1.807) is 22.6 Å². The molecule has 3 rings (SSSR count). The Labute approximate surface area is 120 Å². The van der Waals surface area contributed by atoms with Crippen LogP contribution in [0.4, 0.5) is 0 Å². The van der Waals surface area contributed by atoms with Gasteiger partial charge in [-0.1, -0.05) is 0 Å². The van der Waals surface area contributed by atoms with Crippen molar-refractivity contribution in [3.8, 4) is 10.8 Å². The van der Waals surface area contributed by atoms with Crippen LogP contribution in [0.3, 0.4) is 0 Å². The molecule has 6 heteroatoms. The normalized spacial score (nSPS) is 18.2. The van der Waals surface area contributed by atoms with Crippen LogP contribution in [-0.4, -0.2) is 39.6 Å². The molecule has 5 nitrogen and oxygen atoms in total. The van der Waals surface area contributed by atoms with E-state index >= 15 is 0 Å². The summed E-state index contributed by atoms with van der Waals surface area (Å²) in [4.78, 5) is 18.4. The van der Waals surface area contributed by atoms with E-state index in [9.17, 15) is 9.90 Å². The number of carbonyl (C=O) groups is 1. The molecule has 3 heterocycles. The van der Waals surface area contributed by atoms with Gasteiger partial charge in [-0.2, -0.15) is 0 Å². The van der Waals surface area contributed by atoms with Gasteiger partial charge in [-0.3, -0.25) is 4.79 Å². The predicted octanol–water partition coefficient (Wildman–Crippen LogP) is 2.39. The quantitative estimate of drug-likeness (QED) is 0.923. The minimum atomic E-state index is -0.655. The Morgan fingerprint density at radius 3 is 2.90 bits per heavy atom. The highest BCUT2D eigenvalue weighted by Crippen LogP contribution is 2.26. The second-order valence-electron chi connectivity index (χ2n) is 5.30. The largest absolute Gasteiger partial charge is 0.462 e. The minimum absolute atomic E-state index is 0.0745. The van der Waals surface area contributed by atoms with Crippen molar-refractivity contribution in [2.45, 2.75) is 25.4 Å². The molecule has 1 saturated heterocycles. The van der Waals surface area contributed by atoms with E-state index < -0.39 is 5.60 Å². The fraction of sp³-hybridized carbons (Fsp3) is 0.429. The zero-order valence-electron chi connectivity index (χ0n) is 11.2. The summed E-state index contributed by atoms with van der Waals surface area (Å²) >= 11 is 1.40. The van der Waals surface area contributed by atoms with Gasteiger partial charge in [0.1, 0.15) is 5.69 Å². The van der Waals surface area contributed by atoms with Crippen molar-refractivity contribution in [3.63, 3.8) is 0 Å². The van der Waals surface area contributed by atoms with Crippen LogP contribution in [0.5, 0.6) is 0 Å². The molecule has 1 N–H and O–H groups in total. The van der Waals surface area contributed by atoms with Crippen molar-refractivity contribution < 1.29 is 14.3 Å². The zero-order chi connectivity index (χ0) is 14.2. The zero-order valence-corrected chi connectivity index (χ0v) is 12.0. The Balaban J connectivity index is 1.72. The fourth-order valence-corrected chi connectivity index (χ4v) is 3.00. The number of piperidine rings is 1. The average molecular weight is 292 g/mol. The van der Waals surface area contributed by atoms with Crippen LogP contribution in [0.25, 0.3) is 10.8 Å². The van der Waals surface area contributed by atoms with E-state index in [-0.39, 0.29) is 5.91 Å². The number of amides is 1. The fourth-order valence-electron chi connectivity index (χ4n) is 2.24. The number of aliphatic hydroxyl groups is 1. The Kier molecular flexibility index (Phi) is 3.35. The maximum absolute atomic E-state index is 12.4. The van der Waals surface area contributed by atoms with E-state index in [1.165, 1.54) is 11.3 Å². The lowest BCUT2D eigenvalue weighted by atomic mass is 9.94. The van der Waals surface area contributed by atoms with E-state index in [2.05, 4.69) is 4.98 Å². The standard InChI is InChI=1S/C14H16N2O3S/c1-14(18)4-6-16(7-5-14)13(17)10-9-20-12(15-10)11-3-2-8-19-11/h2-3,8-9,18H,4-7H2,1H3. The van der Waals surface area contributed by atoms with Gasteiger partial charge in [-0.25, -0.2) is 4.98 Å². The van der Waals surface area contributed by atoms with Crippen LogP contribution in [0.15, 0.2) is 28.2 Å². The maximum Gasteiger partial charge on any atom is 0.273 e. The van der Waals surface area contributed by atoms with Gasteiger partial charge in [-0.15, -0.1) is 11.3 Å². The molecule has 1 aliphatic rings. The first-order valence-corrected chi connectivity index (χ1v) is 7.44. The Morgan fingerprint density at radius 1 is 1.50 bits per heavy atom. The maximum atomic E-state index is 12.4. The molecule has 0 radical (unpaired) electrons. The van der Waals surface area contributed by atoms with Crippen LogP contribution in [0, 0.1) is 0 Å². The smallest absolute Gasteiger partial charge is 0.273 e. The lowest BCUT2D eigenvalue weighted by Gasteiger charge is -2.35. The molecule has 0 aromatic carbocycles. The number of carbonyl (C=O) groups excluding carboxylic acids is 1. The highest BCUT2D eigenvalue weighted by molar-refractivity contribution is 7.13. The SMILES string of the molecule is CC1(O)CCN(C(=O)c2csc(-c3ccco3)n2)CC1. The molecule has 0 aliphatic carbocycles. The van der Waals surface area contributed by atoms with Gasteiger partial charge in [0.25, 0.3) is 5.91 Å². The molecule has 0 saturated carbocycles. The molecule has 0 atom stereocenters. The first-order valence-electron chi connectivity index (χ1n) is 6.56. The monoisotopic (exact) mass is 292 g/mol. The van der Waals surface area contributed by atoms with Crippen molar-refractivity contribution in [1.82, 2.24) is 9.88 Å². The summed E-state index contributed by atoms with van der Waals surface area (Å²) in [6, 6.07) is 3.62. The predicted molar refractivity (Wildman–Crippen MR) is 75.6 cm³/mol. The lowest BCUT2D eigenvalue weighted by molar-refractivity contribution is -0.00216. The molecular formula is C14H16N2O3S. The first-order chi connectivity index (χ1) is 9.55. The summed E-state index contributed by atoms with van der Waals surface area (Å²) in [5.74, 6) is 0.602. The third kappa shape index (κ3) is 2.62. The molecule has 1 fully saturated rings. The first kappa shape index (κ1) is 13.3. The number of furan rings is 1. The molecule has 1 amide bonds. The number of hydrogen-bond donors (Lipinski definition) is 1. The highest BCUT2D eigenvalue weighted by atomic mass is 32.1. The molecule has 2 aromatic rings. The van der Waals surface area contributed by atoms with Crippen LogP contribution < -0.4 is 0 Å². The average Bonchev–Trinajstić information content (AvgIpc) is 3.09. The van der Waals surface area contributed by atoms with Gasteiger partial charge in [0.15, 0.2) is 10.8 Å². The van der Waals surface area contributed by atoms with E-state index in [0.29, 0.717) is 42.4 Å². The van der Waals surface area contributed by atoms with Crippen molar-refractivity contribution in [2.75, 3.05) is 13.1 Å².